The van der Waals surface area contributed by atoms with Gasteiger partial charge in [-0.25, -0.2) is 4.98 Å². The summed E-state index contributed by atoms with van der Waals surface area (Å²) in [5.74, 6) is 1.01. The van der Waals surface area contributed by atoms with Crippen LogP contribution in [0, 0.1) is 11.8 Å². The molecule has 1 fully saturated rings. The second-order valence-corrected chi connectivity index (χ2v) is 10.7. The van der Waals surface area contributed by atoms with Gasteiger partial charge in [0.25, 0.3) is 0 Å². The number of aliphatic carboxylic acids is 1. The van der Waals surface area contributed by atoms with Crippen LogP contribution in [0.3, 0.4) is 0 Å². The predicted octanol–water partition coefficient (Wildman–Crippen LogP) is 6.63. The van der Waals surface area contributed by atoms with Gasteiger partial charge in [-0.05, 0) is 79.8 Å². The maximum atomic E-state index is 11.2. The zero-order valence-corrected chi connectivity index (χ0v) is 22.9. The van der Waals surface area contributed by atoms with E-state index in [0.29, 0.717) is 18.4 Å². The largest absolute Gasteiger partial charge is 0.486 e. The van der Waals surface area contributed by atoms with Crippen LogP contribution >= 0.6 is 0 Å². The van der Waals surface area contributed by atoms with Gasteiger partial charge >= 0.3 is 5.97 Å². The number of pyridine rings is 1. The van der Waals surface area contributed by atoms with Crippen LogP contribution < -0.4 is 19.7 Å². The van der Waals surface area contributed by atoms with Crippen molar-refractivity contribution >= 4 is 17.3 Å². The van der Waals surface area contributed by atoms with E-state index in [1.54, 1.807) is 0 Å². The van der Waals surface area contributed by atoms with Crippen LogP contribution in [0.5, 0.6) is 11.6 Å². The maximum Gasteiger partial charge on any atom is 0.306 e. The number of nitrogens with one attached hydrogen (secondary N) is 1. The predicted molar refractivity (Wildman–Crippen MR) is 155 cm³/mol. The van der Waals surface area contributed by atoms with Crippen molar-refractivity contribution in [3.8, 4) is 22.8 Å². The van der Waals surface area contributed by atoms with Crippen LogP contribution in [-0.4, -0.2) is 42.0 Å². The van der Waals surface area contributed by atoms with Crippen molar-refractivity contribution < 1.29 is 19.4 Å². The Hall–Kier alpha value is -3.74. The fraction of sp³-hybridized carbons (Fsp3) is 0.438. The molecule has 0 saturated heterocycles. The summed E-state index contributed by atoms with van der Waals surface area (Å²) < 4.78 is 12.3. The molecule has 39 heavy (non-hydrogen) atoms. The molecule has 2 N–H and O–H groups in total. The molecule has 5 rings (SSSR count). The van der Waals surface area contributed by atoms with Crippen molar-refractivity contribution in [3.05, 3.63) is 66.4 Å². The second-order valence-electron chi connectivity index (χ2n) is 10.7. The van der Waals surface area contributed by atoms with Crippen molar-refractivity contribution in [1.82, 2.24) is 4.98 Å². The molecule has 7 heteroatoms. The van der Waals surface area contributed by atoms with E-state index in [9.17, 15) is 9.90 Å². The first-order chi connectivity index (χ1) is 19.0. The molecule has 0 bridgehead atoms. The Morgan fingerprint density at radius 1 is 1.08 bits per heavy atom. The molecule has 1 aliphatic carbocycles. The Balaban J connectivity index is 1.23. The number of aromatic nitrogens is 1. The van der Waals surface area contributed by atoms with Gasteiger partial charge in [-0.15, -0.1) is 0 Å². The Labute approximate surface area is 231 Å². The number of carboxylic acid groups (broad SMARTS) is 1. The third-order valence-electron chi connectivity index (χ3n) is 8.06. The summed E-state index contributed by atoms with van der Waals surface area (Å²) in [6.45, 7) is 6.49. The number of para-hydroxylation sites is 1. The molecule has 1 aromatic heterocycles. The lowest BCUT2D eigenvalue weighted by Gasteiger charge is -2.36. The first-order valence-corrected chi connectivity index (χ1v) is 14.2. The van der Waals surface area contributed by atoms with Crippen LogP contribution in [-0.2, 0) is 11.2 Å². The van der Waals surface area contributed by atoms with Crippen molar-refractivity contribution in [2.75, 3.05) is 30.0 Å². The van der Waals surface area contributed by atoms with Gasteiger partial charge in [0.2, 0.25) is 5.88 Å². The Morgan fingerprint density at radius 3 is 2.59 bits per heavy atom. The average molecular weight is 530 g/mol. The van der Waals surface area contributed by atoms with E-state index in [1.165, 1.54) is 11.3 Å². The fourth-order valence-corrected chi connectivity index (χ4v) is 5.57. The van der Waals surface area contributed by atoms with Crippen LogP contribution in [0.1, 0.15) is 51.5 Å². The molecule has 2 heterocycles. The number of carboxylic acids is 1. The smallest absolute Gasteiger partial charge is 0.306 e. The molecule has 206 valence electrons. The van der Waals surface area contributed by atoms with E-state index < -0.39 is 5.97 Å². The number of hydrogen-bond donors (Lipinski definition) is 2. The molecule has 3 aromatic rings. The lowest BCUT2D eigenvalue weighted by molar-refractivity contribution is -0.143. The van der Waals surface area contributed by atoms with Gasteiger partial charge < -0.3 is 24.8 Å². The van der Waals surface area contributed by atoms with Crippen LogP contribution in [0.4, 0.5) is 11.4 Å². The minimum atomic E-state index is -0.674. The Morgan fingerprint density at radius 2 is 1.87 bits per heavy atom. The first kappa shape index (κ1) is 26.9. The minimum Gasteiger partial charge on any atom is -0.486 e. The molecule has 1 atom stereocenters. The van der Waals surface area contributed by atoms with Crippen LogP contribution in [0.25, 0.3) is 11.1 Å². The molecule has 2 aliphatic rings. The average Bonchev–Trinajstić information content (AvgIpc) is 2.98. The molecule has 7 nitrogen and oxygen atoms in total. The van der Waals surface area contributed by atoms with Crippen molar-refractivity contribution in [2.45, 2.75) is 58.5 Å². The molecule has 0 radical (unpaired) electrons. The van der Waals surface area contributed by atoms with Gasteiger partial charge in [-0.3, -0.25) is 4.79 Å². The first-order valence-electron chi connectivity index (χ1n) is 14.2. The van der Waals surface area contributed by atoms with Gasteiger partial charge in [0.1, 0.15) is 11.9 Å². The summed E-state index contributed by atoms with van der Waals surface area (Å²) in [4.78, 5) is 18.1. The summed E-state index contributed by atoms with van der Waals surface area (Å²) in [5, 5.41) is 12.8. The number of aryl methyl sites for hydroxylation is 1. The monoisotopic (exact) mass is 529 g/mol. The normalized spacial score (nSPS) is 20.6. The molecule has 0 amide bonds. The number of hydrogen-bond acceptors (Lipinski definition) is 6. The zero-order chi connectivity index (χ0) is 27.2. The molecule has 2 aromatic carbocycles. The quantitative estimate of drug-likeness (QED) is 0.305. The number of nitrogens with zero attached hydrogens (tertiary/aromatic N) is 2. The number of carbonyl (C=O) groups is 1. The standard InChI is InChI=1S/C32H39N3O4/c1-3-23-7-5-6-8-28(23)34-21-35-19-27(4-2)39-30-17-25(13-15-29(30)35)26-14-16-31(33-18-26)38-20-22-9-11-24(12-10-22)32(36)37/h5-8,13-18,22,24,27,34H,3-4,9-12,19-21H2,1-2H3,(H,36,37). The van der Waals surface area contributed by atoms with E-state index in [1.807, 2.05) is 18.3 Å². The summed E-state index contributed by atoms with van der Waals surface area (Å²) in [6, 6.07) is 18.8. The van der Waals surface area contributed by atoms with Crippen LogP contribution in [0.2, 0.25) is 0 Å². The molecular weight excluding hydrogens is 490 g/mol. The van der Waals surface area contributed by atoms with Gasteiger partial charge in [-0.1, -0.05) is 38.1 Å². The number of rotatable bonds is 10. The minimum absolute atomic E-state index is 0.135. The third-order valence-corrected chi connectivity index (χ3v) is 8.06. The molecular formula is C32H39N3O4. The summed E-state index contributed by atoms with van der Waals surface area (Å²) in [5.41, 5.74) is 5.66. The summed E-state index contributed by atoms with van der Waals surface area (Å²) >= 11 is 0. The number of benzene rings is 2. The zero-order valence-electron chi connectivity index (χ0n) is 22.9. The molecule has 1 aliphatic heterocycles. The van der Waals surface area contributed by atoms with Crippen molar-refractivity contribution in [2.24, 2.45) is 11.8 Å². The SMILES string of the molecule is CCc1ccccc1NCN1CC(CC)Oc2cc(-c3ccc(OCC4CCC(C(=O)O)CC4)nc3)ccc21. The van der Waals surface area contributed by atoms with Gasteiger partial charge in [-0.2, -0.15) is 0 Å². The highest BCUT2D eigenvalue weighted by atomic mass is 16.5. The lowest BCUT2D eigenvalue weighted by Crippen LogP contribution is -2.42. The number of fused-ring (bicyclic) bond motifs is 1. The van der Waals surface area contributed by atoms with Gasteiger partial charge in [0.05, 0.1) is 31.4 Å². The van der Waals surface area contributed by atoms with E-state index >= 15 is 0 Å². The molecule has 1 unspecified atom stereocenters. The maximum absolute atomic E-state index is 11.2. The van der Waals surface area contributed by atoms with Gasteiger partial charge in [0.15, 0.2) is 0 Å². The van der Waals surface area contributed by atoms with E-state index in [4.69, 9.17) is 9.47 Å². The highest BCUT2D eigenvalue weighted by molar-refractivity contribution is 5.72. The lowest BCUT2D eigenvalue weighted by atomic mass is 9.82. The van der Waals surface area contributed by atoms with Crippen molar-refractivity contribution in [1.29, 1.82) is 0 Å². The summed E-state index contributed by atoms with van der Waals surface area (Å²) in [7, 11) is 0. The highest BCUT2D eigenvalue weighted by Gasteiger charge is 2.27. The Bertz CT molecular complexity index is 1250. The van der Waals surface area contributed by atoms with E-state index in [-0.39, 0.29) is 12.0 Å². The second kappa shape index (κ2) is 12.4. The fourth-order valence-electron chi connectivity index (χ4n) is 5.57. The third kappa shape index (κ3) is 6.47. The van der Waals surface area contributed by atoms with E-state index in [0.717, 1.165) is 74.3 Å². The number of anilines is 2. The molecule has 1 saturated carbocycles. The van der Waals surface area contributed by atoms with Crippen molar-refractivity contribution in [3.63, 3.8) is 0 Å². The molecule has 0 spiro atoms. The topological polar surface area (TPSA) is 83.9 Å². The van der Waals surface area contributed by atoms with Gasteiger partial charge in [0, 0.05) is 23.5 Å². The number of ether oxygens (including phenoxy) is 2. The van der Waals surface area contributed by atoms with E-state index in [2.05, 4.69) is 71.5 Å². The van der Waals surface area contributed by atoms with Crippen LogP contribution in [0.15, 0.2) is 60.8 Å². The Kier molecular flexibility index (Phi) is 8.54. The summed E-state index contributed by atoms with van der Waals surface area (Å²) in [6.07, 6.45) is 7.16. The highest BCUT2D eigenvalue weighted by Crippen LogP contribution is 2.38.